The highest BCUT2D eigenvalue weighted by Gasteiger charge is 2.54. The summed E-state index contributed by atoms with van der Waals surface area (Å²) in [5, 5.41) is 19.3. The van der Waals surface area contributed by atoms with Gasteiger partial charge >= 0.3 is 6.09 Å². The van der Waals surface area contributed by atoms with Crippen molar-refractivity contribution in [1.29, 1.82) is 0 Å². The second-order valence-electron chi connectivity index (χ2n) is 20.4. The number of hydrogen-bond acceptors (Lipinski definition) is 12. The smallest absolute Gasteiger partial charge is 0.412 e. The number of nitrogens with zero attached hydrogens (tertiary/aromatic N) is 3. The van der Waals surface area contributed by atoms with Crippen LogP contribution < -0.4 is 25.4 Å². The summed E-state index contributed by atoms with van der Waals surface area (Å²) >= 11 is 3.18. The normalized spacial score (nSPS) is 22.7. The number of rotatable bonds is 17. The maximum Gasteiger partial charge on any atom is 0.412 e. The van der Waals surface area contributed by atoms with Gasteiger partial charge in [-0.2, -0.15) is 11.8 Å². The molecule has 2 aliphatic heterocycles. The van der Waals surface area contributed by atoms with Crippen molar-refractivity contribution in [3.8, 4) is 21.9 Å². The van der Waals surface area contributed by atoms with Gasteiger partial charge in [-0.15, -0.1) is 11.3 Å². The molecule has 0 radical (unpaired) electrons. The molecule has 14 nitrogen and oxygen atoms in total. The summed E-state index contributed by atoms with van der Waals surface area (Å²) in [6.07, 6.45) is 5.05. The number of aliphatic hydroxyl groups excluding tert-OH is 1. The van der Waals surface area contributed by atoms with Gasteiger partial charge in [0.2, 0.25) is 11.8 Å². The van der Waals surface area contributed by atoms with Crippen molar-refractivity contribution in [3.05, 3.63) is 59.2 Å². The zero-order chi connectivity index (χ0) is 48.1. The minimum absolute atomic E-state index is 0.0535. The van der Waals surface area contributed by atoms with Crippen molar-refractivity contribution in [2.24, 2.45) is 11.8 Å². The average Bonchev–Trinajstić information content (AvgIpc) is 3.70. The SMILES string of the molecule is COc1cc(OC2CCN(CC3CCC(CSC(C)(C)C(NC(=O)C4(F)CC4)C(=O)N4C[C@H](O)C[C@H]4C(=O)NCc4ccc(-c5scnc5C)cc4)CC3)CC2)ccc1NC(=O)OC(C)(C)C. The lowest BCUT2D eigenvalue weighted by molar-refractivity contribution is -0.143. The highest BCUT2D eigenvalue weighted by atomic mass is 32.2. The minimum Gasteiger partial charge on any atom is -0.494 e. The predicted molar refractivity (Wildman–Crippen MR) is 260 cm³/mol. The first-order valence-corrected chi connectivity index (χ1v) is 25.6. The summed E-state index contributed by atoms with van der Waals surface area (Å²) < 4.78 is 31.6. The topological polar surface area (TPSA) is 172 Å². The molecule has 2 saturated carbocycles. The Hall–Kier alpha value is -4.45. The maximum absolute atomic E-state index is 15.2. The Labute approximate surface area is 402 Å². The third-order valence-corrected chi connectivity index (χ3v) is 16.0. The average molecular weight is 965 g/mol. The van der Waals surface area contributed by atoms with Crippen LogP contribution in [0.15, 0.2) is 48.0 Å². The number of benzene rings is 2. The molecule has 17 heteroatoms. The molecule has 4 fully saturated rings. The number of amides is 4. The van der Waals surface area contributed by atoms with Crippen molar-refractivity contribution in [2.45, 2.75) is 146 Å². The number of methoxy groups -OCH3 is 1. The number of ether oxygens (including phenoxy) is 3. The summed E-state index contributed by atoms with van der Waals surface area (Å²) in [7, 11) is 1.55. The van der Waals surface area contributed by atoms with E-state index in [2.05, 4.69) is 25.8 Å². The quantitative estimate of drug-likeness (QED) is 0.104. The van der Waals surface area contributed by atoms with Crippen molar-refractivity contribution in [1.82, 2.24) is 25.4 Å². The Bertz CT molecular complexity index is 2200. The molecular weight excluding hydrogens is 896 g/mol. The van der Waals surface area contributed by atoms with E-state index in [4.69, 9.17) is 14.2 Å². The van der Waals surface area contributed by atoms with Crippen molar-refractivity contribution < 1.29 is 42.9 Å². The van der Waals surface area contributed by atoms with Crippen LogP contribution in [0.25, 0.3) is 10.4 Å². The van der Waals surface area contributed by atoms with Gasteiger partial charge in [-0.1, -0.05) is 24.3 Å². The molecule has 4 amide bonds. The first-order chi connectivity index (χ1) is 31.8. The second kappa shape index (κ2) is 21.5. The summed E-state index contributed by atoms with van der Waals surface area (Å²) in [6.45, 7) is 14.3. The summed E-state index contributed by atoms with van der Waals surface area (Å²) in [6, 6.07) is 11.2. The first kappa shape index (κ1) is 50.4. The van der Waals surface area contributed by atoms with E-state index in [0.29, 0.717) is 29.0 Å². The number of aliphatic hydroxyl groups is 1. The summed E-state index contributed by atoms with van der Waals surface area (Å²) in [4.78, 5) is 63.1. The number of anilines is 1. The van der Waals surface area contributed by atoms with Gasteiger partial charge in [0.25, 0.3) is 5.91 Å². The van der Waals surface area contributed by atoms with Gasteiger partial charge in [-0.25, -0.2) is 14.2 Å². The number of nitrogens with one attached hydrogen (secondary N) is 3. The Kier molecular flexibility index (Phi) is 16.2. The molecule has 2 aliphatic carbocycles. The van der Waals surface area contributed by atoms with Crippen LogP contribution in [0.4, 0.5) is 14.9 Å². The second-order valence-corrected chi connectivity index (χ2v) is 22.9. The molecule has 1 unspecified atom stereocenters. The number of piperidine rings is 1. The largest absolute Gasteiger partial charge is 0.494 e. The fourth-order valence-corrected chi connectivity index (χ4v) is 11.4. The number of aryl methyl sites for hydroxylation is 1. The lowest BCUT2D eigenvalue weighted by Crippen LogP contribution is -2.61. The lowest BCUT2D eigenvalue weighted by Gasteiger charge is -2.39. The summed E-state index contributed by atoms with van der Waals surface area (Å²) in [5.41, 5.74) is 2.61. The number of alkyl halides is 1. The van der Waals surface area contributed by atoms with E-state index in [1.807, 2.05) is 77.4 Å². The molecule has 3 aromatic rings. The van der Waals surface area contributed by atoms with E-state index in [9.17, 15) is 24.3 Å². The van der Waals surface area contributed by atoms with Crippen molar-refractivity contribution >= 4 is 52.6 Å². The van der Waals surface area contributed by atoms with Gasteiger partial charge in [0.15, 0.2) is 5.67 Å². The van der Waals surface area contributed by atoms with E-state index in [1.165, 1.54) is 4.90 Å². The van der Waals surface area contributed by atoms with Crippen LogP contribution in [0, 0.1) is 18.8 Å². The number of carbonyl (C=O) groups excluding carboxylic acids is 4. The van der Waals surface area contributed by atoms with Crippen molar-refractivity contribution in [3.63, 3.8) is 0 Å². The number of halogens is 1. The van der Waals surface area contributed by atoms with E-state index in [0.717, 1.165) is 85.6 Å². The number of carbonyl (C=O) groups is 4. The fraction of sp³-hybridized carbons (Fsp3) is 0.620. The van der Waals surface area contributed by atoms with Gasteiger partial charge in [-0.3, -0.25) is 19.7 Å². The Balaban J connectivity index is 0.875. The number of aromatic nitrogens is 1. The van der Waals surface area contributed by atoms with Crippen LogP contribution in [-0.4, -0.2) is 123 Å². The Morgan fingerprint density at radius 3 is 2.30 bits per heavy atom. The number of β-amino-alcohol motifs (C(OH)–C–C–N with tert-alkyl or cyclic N) is 1. The van der Waals surface area contributed by atoms with Gasteiger partial charge in [0.1, 0.15) is 35.3 Å². The van der Waals surface area contributed by atoms with Crippen molar-refractivity contribution in [2.75, 3.05) is 44.4 Å². The fourth-order valence-electron chi connectivity index (χ4n) is 9.29. The van der Waals surface area contributed by atoms with E-state index in [1.54, 1.807) is 42.3 Å². The number of thiazole rings is 1. The molecule has 3 heterocycles. The summed E-state index contributed by atoms with van der Waals surface area (Å²) in [5.74, 6) is 1.31. The molecule has 4 N–H and O–H groups in total. The molecule has 2 aromatic carbocycles. The third kappa shape index (κ3) is 13.4. The maximum atomic E-state index is 15.2. The zero-order valence-corrected chi connectivity index (χ0v) is 41.7. The monoisotopic (exact) mass is 964 g/mol. The van der Waals surface area contributed by atoms with E-state index in [-0.39, 0.29) is 44.4 Å². The Morgan fingerprint density at radius 1 is 0.985 bits per heavy atom. The van der Waals surface area contributed by atoms with E-state index < -0.39 is 52.1 Å². The highest BCUT2D eigenvalue weighted by Crippen LogP contribution is 2.42. The van der Waals surface area contributed by atoms with E-state index >= 15 is 4.39 Å². The van der Waals surface area contributed by atoms with Crippen LogP contribution in [-0.2, 0) is 25.7 Å². The highest BCUT2D eigenvalue weighted by molar-refractivity contribution is 8.00. The zero-order valence-electron chi connectivity index (χ0n) is 40.0. The standard InChI is InChI=1S/C50H69FN6O8S2/c1-31-42(66-30-53-31)35-14-12-32(13-15-35)26-52-44(59)40-24-36(58)28-57(40)45(60)43(55-46(61)50(51)20-21-50)49(5,6)67-29-34-10-8-33(9-11-34)27-56-22-18-37(19-23-56)64-38-16-17-39(41(25-38)63-7)54-47(62)65-48(2,3)4/h12-17,25,30,33-34,36-37,40,43,58H,8-11,18-24,26-29H2,1-7H3,(H,52,59)(H,54,62)(H,55,61)/t33?,34?,36-,40+,43?/m1/s1. The predicted octanol–water partition coefficient (Wildman–Crippen LogP) is 7.90. The van der Waals surface area contributed by atoms with Crippen LogP contribution >= 0.6 is 23.1 Å². The molecule has 3 atom stereocenters. The molecule has 4 aliphatic rings. The molecule has 2 saturated heterocycles. The molecule has 0 bridgehead atoms. The van der Waals surface area contributed by atoms with Gasteiger partial charge in [0, 0.05) is 50.0 Å². The van der Waals surface area contributed by atoms with Gasteiger partial charge < -0.3 is 39.8 Å². The minimum atomic E-state index is -1.99. The van der Waals surface area contributed by atoms with Crippen LogP contribution in [0.2, 0.25) is 0 Å². The molecule has 7 rings (SSSR count). The van der Waals surface area contributed by atoms with Gasteiger partial charge in [-0.05, 0) is 134 Å². The van der Waals surface area contributed by atoms with Gasteiger partial charge in [0.05, 0.1) is 35.0 Å². The van der Waals surface area contributed by atoms with Crippen LogP contribution in [0.1, 0.15) is 104 Å². The molecule has 366 valence electrons. The molecule has 67 heavy (non-hydrogen) atoms. The molecule has 0 spiro atoms. The molecular formula is C50H69FN6O8S2. The number of thioether (sulfide) groups is 1. The Morgan fingerprint density at radius 2 is 1.67 bits per heavy atom. The van der Waals surface area contributed by atoms with Crippen LogP contribution in [0.3, 0.4) is 0 Å². The third-order valence-electron chi connectivity index (χ3n) is 13.4. The number of likely N-dealkylation sites (tertiary alicyclic amines) is 2. The number of hydrogen-bond donors (Lipinski definition) is 4. The van der Waals surface area contributed by atoms with Crippen LogP contribution in [0.5, 0.6) is 11.5 Å². The molecule has 1 aromatic heterocycles. The first-order valence-electron chi connectivity index (χ1n) is 23.8. The lowest BCUT2D eigenvalue weighted by atomic mass is 9.82.